The molecule has 0 aromatic heterocycles. The van der Waals surface area contributed by atoms with Gasteiger partial charge in [-0.05, 0) is 26.1 Å². The molecule has 1 amide bonds. The maximum atomic E-state index is 12.3. The monoisotopic (exact) mass is 289 g/mol. The number of nitrogens with zero attached hydrogens (tertiary/aromatic N) is 3. The fourth-order valence-electron chi connectivity index (χ4n) is 2.79. The van der Waals surface area contributed by atoms with Gasteiger partial charge in [-0.3, -0.25) is 9.69 Å². The second kappa shape index (κ2) is 7.57. The smallest absolute Gasteiger partial charge is 0.226 e. The Labute approximate surface area is 128 Å². The third kappa shape index (κ3) is 4.29. The van der Waals surface area contributed by atoms with Gasteiger partial charge in [0, 0.05) is 50.9 Å². The molecule has 1 fully saturated rings. The predicted molar refractivity (Wildman–Crippen MR) is 87.6 cm³/mol. The van der Waals surface area contributed by atoms with Crippen LogP contribution in [0.3, 0.4) is 0 Å². The predicted octanol–water partition coefficient (Wildman–Crippen LogP) is 2.07. The van der Waals surface area contributed by atoms with Crippen LogP contribution in [0.25, 0.3) is 0 Å². The lowest BCUT2D eigenvalue weighted by Gasteiger charge is -2.38. The number of anilines is 1. The summed E-state index contributed by atoms with van der Waals surface area (Å²) in [6.45, 7) is 9.30. The first-order chi connectivity index (χ1) is 10.1. The van der Waals surface area contributed by atoms with Gasteiger partial charge in [0.05, 0.1) is 0 Å². The minimum Gasteiger partial charge on any atom is -0.311 e. The average Bonchev–Trinajstić information content (AvgIpc) is 2.53. The van der Waals surface area contributed by atoms with Crippen LogP contribution in [0, 0.1) is 0 Å². The number of rotatable bonds is 5. The van der Waals surface area contributed by atoms with Crippen LogP contribution in [0.4, 0.5) is 5.69 Å². The van der Waals surface area contributed by atoms with Gasteiger partial charge in [0.15, 0.2) is 0 Å². The molecule has 0 radical (unpaired) electrons. The molecule has 0 unspecified atom stereocenters. The lowest BCUT2D eigenvalue weighted by atomic mass is 10.2. The van der Waals surface area contributed by atoms with Gasteiger partial charge in [-0.1, -0.05) is 25.1 Å². The maximum Gasteiger partial charge on any atom is 0.226 e. The highest BCUT2D eigenvalue weighted by atomic mass is 16.2. The Morgan fingerprint density at radius 3 is 2.38 bits per heavy atom. The number of hydrogen-bond acceptors (Lipinski definition) is 3. The van der Waals surface area contributed by atoms with Crippen molar-refractivity contribution in [1.82, 2.24) is 9.80 Å². The largest absolute Gasteiger partial charge is 0.311 e. The minimum absolute atomic E-state index is 0.196. The molecule has 0 saturated carbocycles. The summed E-state index contributed by atoms with van der Waals surface area (Å²) in [4.78, 5) is 19.1. The number of carbonyl (C=O) groups excluding carboxylic acids is 1. The summed E-state index contributed by atoms with van der Waals surface area (Å²) in [5.41, 5.74) is 1.00. The van der Waals surface area contributed by atoms with E-state index in [0.29, 0.717) is 12.5 Å². The second-order valence-corrected chi connectivity index (χ2v) is 5.88. The van der Waals surface area contributed by atoms with E-state index in [0.717, 1.165) is 38.4 Å². The van der Waals surface area contributed by atoms with E-state index in [-0.39, 0.29) is 5.91 Å². The molecule has 116 valence electrons. The Morgan fingerprint density at radius 1 is 1.19 bits per heavy atom. The third-order valence-corrected chi connectivity index (χ3v) is 4.28. The molecule has 21 heavy (non-hydrogen) atoms. The van der Waals surface area contributed by atoms with E-state index >= 15 is 0 Å². The molecule has 1 aromatic rings. The Morgan fingerprint density at radius 2 is 1.81 bits per heavy atom. The van der Waals surface area contributed by atoms with E-state index in [1.807, 2.05) is 42.2 Å². The van der Waals surface area contributed by atoms with E-state index in [1.165, 1.54) is 0 Å². The van der Waals surface area contributed by atoms with Crippen molar-refractivity contribution in [3.63, 3.8) is 0 Å². The van der Waals surface area contributed by atoms with Crippen molar-refractivity contribution in [2.24, 2.45) is 0 Å². The number of likely N-dealkylation sites (N-methyl/N-ethyl adjacent to an activating group) is 1. The summed E-state index contributed by atoms with van der Waals surface area (Å²) in [6.07, 6.45) is 0.546. The number of hydrogen-bond donors (Lipinski definition) is 0. The van der Waals surface area contributed by atoms with Gasteiger partial charge in [0.25, 0.3) is 0 Å². The molecule has 0 bridgehead atoms. The summed E-state index contributed by atoms with van der Waals surface area (Å²) in [5, 5.41) is 0. The molecule has 4 heteroatoms. The molecular weight excluding hydrogens is 262 g/mol. The normalized spacial score (nSPS) is 18.4. The van der Waals surface area contributed by atoms with Gasteiger partial charge in [-0.15, -0.1) is 0 Å². The van der Waals surface area contributed by atoms with Gasteiger partial charge in [-0.25, -0.2) is 0 Å². The summed E-state index contributed by atoms with van der Waals surface area (Å²) in [6, 6.07) is 10.4. The quantitative estimate of drug-likeness (QED) is 0.830. The molecule has 1 saturated heterocycles. The first kappa shape index (κ1) is 16.0. The summed E-state index contributed by atoms with van der Waals surface area (Å²) >= 11 is 0. The van der Waals surface area contributed by atoms with Crippen LogP contribution in [0.5, 0.6) is 0 Å². The zero-order valence-electron chi connectivity index (χ0n) is 13.5. The van der Waals surface area contributed by atoms with Crippen molar-refractivity contribution >= 4 is 11.6 Å². The fraction of sp³-hybridized carbons (Fsp3) is 0.588. The van der Waals surface area contributed by atoms with Gasteiger partial charge < -0.3 is 9.80 Å². The van der Waals surface area contributed by atoms with Crippen LogP contribution in [-0.4, -0.2) is 61.5 Å². The van der Waals surface area contributed by atoms with Crippen LogP contribution in [0.15, 0.2) is 30.3 Å². The average molecular weight is 289 g/mol. The van der Waals surface area contributed by atoms with Crippen LogP contribution >= 0.6 is 0 Å². The molecule has 1 aromatic carbocycles. The van der Waals surface area contributed by atoms with E-state index in [4.69, 9.17) is 0 Å². The lowest BCUT2D eigenvalue weighted by Crippen LogP contribution is -2.52. The molecule has 4 nitrogen and oxygen atoms in total. The fourth-order valence-corrected chi connectivity index (χ4v) is 2.79. The first-order valence-electron chi connectivity index (χ1n) is 7.89. The van der Waals surface area contributed by atoms with E-state index < -0.39 is 0 Å². The van der Waals surface area contributed by atoms with Crippen LogP contribution in [0.2, 0.25) is 0 Å². The number of benzene rings is 1. The highest BCUT2D eigenvalue weighted by Crippen LogP contribution is 2.17. The standard InChI is InChI=1S/C17H27N3O/c1-4-17(21)20(16-8-6-5-7-9-16)14-15(2)19-12-10-18(3)11-13-19/h5-9,15H,4,10-14H2,1-3H3/t15-/m0/s1. The molecule has 0 N–H and O–H groups in total. The number of piperazine rings is 1. The molecule has 1 aliphatic heterocycles. The first-order valence-corrected chi connectivity index (χ1v) is 7.89. The van der Waals surface area contributed by atoms with Crippen molar-refractivity contribution in [3.8, 4) is 0 Å². The van der Waals surface area contributed by atoms with E-state index in [1.54, 1.807) is 0 Å². The third-order valence-electron chi connectivity index (χ3n) is 4.28. The molecule has 1 aliphatic rings. The Kier molecular flexibility index (Phi) is 5.76. The molecule has 2 rings (SSSR count). The molecule has 1 heterocycles. The Bertz CT molecular complexity index is 441. The highest BCUT2D eigenvalue weighted by molar-refractivity contribution is 5.93. The maximum absolute atomic E-state index is 12.3. The van der Waals surface area contributed by atoms with E-state index in [9.17, 15) is 4.79 Å². The minimum atomic E-state index is 0.196. The molecule has 0 spiro atoms. The summed E-state index contributed by atoms with van der Waals surface area (Å²) in [7, 11) is 2.17. The zero-order chi connectivity index (χ0) is 15.2. The van der Waals surface area contributed by atoms with Crippen molar-refractivity contribution in [1.29, 1.82) is 0 Å². The van der Waals surface area contributed by atoms with Crippen molar-refractivity contribution in [3.05, 3.63) is 30.3 Å². The molecule has 1 atom stereocenters. The second-order valence-electron chi connectivity index (χ2n) is 5.88. The van der Waals surface area contributed by atoms with E-state index in [2.05, 4.69) is 23.8 Å². The summed E-state index contributed by atoms with van der Waals surface area (Å²) < 4.78 is 0. The van der Waals surface area contributed by atoms with Gasteiger partial charge >= 0.3 is 0 Å². The SMILES string of the molecule is CCC(=O)N(C[C@H](C)N1CCN(C)CC1)c1ccccc1. The summed E-state index contributed by atoms with van der Waals surface area (Å²) in [5.74, 6) is 0.196. The highest BCUT2D eigenvalue weighted by Gasteiger charge is 2.23. The number of amides is 1. The van der Waals surface area contributed by atoms with Crippen molar-refractivity contribution in [2.75, 3.05) is 44.7 Å². The van der Waals surface area contributed by atoms with Gasteiger partial charge in [0.2, 0.25) is 5.91 Å². The number of carbonyl (C=O) groups is 1. The topological polar surface area (TPSA) is 26.8 Å². The number of para-hydroxylation sites is 1. The van der Waals surface area contributed by atoms with Crippen molar-refractivity contribution in [2.45, 2.75) is 26.3 Å². The van der Waals surface area contributed by atoms with Crippen LogP contribution in [0.1, 0.15) is 20.3 Å². The van der Waals surface area contributed by atoms with Crippen LogP contribution < -0.4 is 4.90 Å². The van der Waals surface area contributed by atoms with Gasteiger partial charge in [-0.2, -0.15) is 0 Å². The zero-order valence-corrected chi connectivity index (χ0v) is 13.5. The van der Waals surface area contributed by atoms with Crippen molar-refractivity contribution < 1.29 is 4.79 Å². The molecule has 0 aliphatic carbocycles. The van der Waals surface area contributed by atoms with Crippen LogP contribution in [-0.2, 0) is 4.79 Å². The van der Waals surface area contributed by atoms with Gasteiger partial charge in [0.1, 0.15) is 0 Å². The Balaban J connectivity index is 2.03. The lowest BCUT2D eigenvalue weighted by molar-refractivity contribution is -0.118. The molecular formula is C17H27N3O. The Hall–Kier alpha value is -1.39.